The minimum atomic E-state index is -0.463. The van der Waals surface area contributed by atoms with Gasteiger partial charge in [-0.2, -0.15) is 0 Å². The molecule has 0 aromatic rings. The molecule has 0 saturated carbocycles. The van der Waals surface area contributed by atoms with E-state index in [2.05, 4.69) is 0 Å². The summed E-state index contributed by atoms with van der Waals surface area (Å²) < 4.78 is 10.8. The van der Waals surface area contributed by atoms with Gasteiger partial charge in [-0.15, -0.1) is 0 Å². The van der Waals surface area contributed by atoms with E-state index in [0.717, 1.165) is 25.7 Å². The predicted octanol–water partition coefficient (Wildman–Crippen LogP) is 5.06. The summed E-state index contributed by atoms with van der Waals surface area (Å²) in [5.41, 5.74) is -0.925. The van der Waals surface area contributed by atoms with Crippen molar-refractivity contribution in [3.05, 3.63) is 0 Å². The molecule has 0 fully saturated rings. The van der Waals surface area contributed by atoms with Crippen LogP contribution >= 0.6 is 0 Å². The predicted molar refractivity (Wildman–Crippen MR) is 105 cm³/mol. The average molecular weight is 373 g/mol. The minimum Gasteiger partial charge on any atom is -0.444 e. The van der Waals surface area contributed by atoms with E-state index in [9.17, 15) is 9.59 Å². The standard InChI is InChI=1S/C20H40N2O4/c1-9-21(17(23)25-19(3,4)5)15-13-11-12-14-16-22(10-2)18(24)26-20(6,7)8/h9-16H2,1-8H3. The largest absolute Gasteiger partial charge is 0.444 e. The summed E-state index contributed by atoms with van der Waals surface area (Å²) in [5, 5.41) is 0. The fourth-order valence-electron chi connectivity index (χ4n) is 2.37. The number of amides is 2. The number of unbranched alkanes of at least 4 members (excludes halogenated alkanes) is 3. The zero-order valence-electron chi connectivity index (χ0n) is 18.2. The van der Waals surface area contributed by atoms with Gasteiger partial charge in [0.2, 0.25) is 0 Å². The van der Waals surface area contributed by atoms with Crippen LogP contribution in [0.5, 0.6) is 0 Å². The lowest BCUT2D eigenvalue weighted by Gasteiger charge is -2.27. The Morgan fingerprint density at radius 2 is 0.962 bits per heavy atom. The monoisotopic (exact) mass is 372 g/mol. The molecule has 154 valence electrons. The zero-order valence-corrected chi connectivity index (χ0v) is 18.2. The molecule has 2 amide bonds. The first-order valence-electron chi connectivity index (χ1n) is 9.85. The minimum absolute atomic E-state index is 0.248. The van der Waals surface area contributed by atoms with Gasteiger partial charge in [0, 0.05) is 26.2 Å². The van der Waals surface area contributed by atoms with Crippen LogP contribution in [0.1, 0.15) is 81.1 Å². The second-order valence-electron chi connectivity index (χ2n) is 8.53. The molecule has 0 aliphatic rings. The second-order valence-corrected chi connectivity index (χ2v) is 8.53. The molecule has 0 radical (unpaired) electrons. The van der Waals surface area contributed by atoms with Crippen molar-refractivity contribution < 1.29 is 19.1 Å². The highest BCUT2D eigenvalue weighted by molar-refractivity contribution is 5.68. The Bertz CT molecular complexity index is 385. The van der Waals surface area contributed by atoms with Crippen molar-refractivity contribution in [2.75, 3.05) is 26.2 Å². The van der Waals surface area contributed by atoms with Gasteiger partial charge in [-0.1, -0.05) is 12.8 Å². The average Bonchev–Trinajstić information content (AvgIpc) is 2.46. The number of carbonyl (C=O) groups excluding carboxylic acids is 2. The van der Waals surface area contributed by atoms with Crippen molar-refractivity contribution in [1.29, 1.82) is 0 Å². The van der Waals surface area contributed by atoms with Gasteiger partial charge in [0.1, 0.15) is 11.2 Å². The number of rotatable bonds is 9. The Morgan fingerprint density at radius 3 is 1.19 bits per heavy atom. The molecule has 0 unspecified atom stereocenters. The van der Waals surface area contributed by atoms with Crippen LogP contribution in [-0.4, -0.2) is 59.4 Å². The summed E-state index contributed by atoms with van der Waals surface area (Å²) in [4.78, 5) is 27.6. The van der Waals surface area contributed by atoms with Gasteiger partial charge in [0.05, 0.1) is 0 Å². The first-order valence-corrected chi connectivity index (χ1v) is 9.85. The van der Waals surface area contributed by atoms with Gasteiger partial charge in [-0.05, 0) is 68.2 Å². The molecular formula is C20H40N2O4. The van der Waals surface area contributed by atoms with E-state index in [1.807, 2.05) is 55.4 Å². The van der Waals surface area contributed by atoms with Crippen LogP contribution < -0.4 is 0 Å². The Labute approximate surface area is 160 Å². The Hall–Kier alpha value is -1.46. The first-order chi connectivity index (χ1) is 11.9. The number of ether oxygens (including phenoxy) is 2. The molecule has 0 saturated heterocycles. The summed E-state index contributed by atoms with van der Waals surface area (Å²) in [5.74, 6) is 0. The second kappa shape index (κ2) is 11.3. The van der Waals surface area contributed by atoms with Crippen LogP contribution in [0.4, 0.5) is 9.59 Å². The van der Waals surface area contributed by atoms with Gasteiger partial charge in [-0.25, -0.2) is 9.59 Å². The Balaban J connectivity index is 4.07. The lowest BCUT2D eigenvalue weighted by molar-refractivity contribution is 0.0240. The maximum atomic E-state index is 12.1. The fraction of sp³-hybridized carbons (Fsp3) is 0.900. The molecule has 0 aliphatic carbocycles. The highest BCUT2D eigenvalue weighted by Crippen LogP contribution is 2.12. The van der Waals surface area contributed by atoms with Gasteiger partial charge < -0.3 is 19.3 Å². The van der Waals surface area contributed by atoms with Crippen molar-refractivity contribution in [2.24, 2.45) is 0 Å². The molecule has 26 heavy (non-hydrogen) atoms. The fourth-order valence-corrected chi connectivity index (χ4v) is 2.37. The van der Waals surface area contributed by atoms with Crippen LogP contribution in [0.25, 0.3) is 0 Å². The van der Waals surface area contributed by atoms with E-state index in [-0.39, 0.29) is 12.2 Å². The van der Waals surface area contributed by atoms with E-state index in [1.54, 1.807) is 9.80 Å². The van der Waals surface area contributed by atoms with Crippen molar-refractivity contribution in [3.8, 4) is 0 Å². The van der Waals surface area contributed by atoms with E-state index < -0.39 is 11.2 Å². The van der Waals surface area contributed by atoms with E-state index in [4.69, 9.17) is 9.47 Å². The normalized spacial score (nSPS) is 11.8. The van der Waals surface area contributed by atoms with E-state index >= 15 is 0 Å². The zero-order chi connectivity index (χ0) is 20.4. The molecule has 0 rings (SSSR count). The summed E-state index contributed by atoms with van der Waals surface area (Å²) >= 11 is 0. The maximum Gasteiger partial charge on any atom is 0.410 e. The number of carbonyl (C=O) groups is 2. The maximum absolute atomic E-state index is 12.1. The molecule has 6 nitrogen and oxygen atoms in total. The van der Waals surface area contributed by atoms with Gasteiger partial charge in [-0.3, -0.25) is 0 Å². The van der Waals surface area contributed by atoms with Crippen LogP contribution in [-0.2, 0) is 9.47 Å². The third-order valence-electron chi connectivity index (χ3n) is 3.67. The topological polar surface area (TPSA) is 59.1 Å². The Kier molecular flexibility index (Phi) is 10.7. The van der Waals surface area contributed by atoms with Crippen LogP contribution in [0, 0.1) is 0 Å². The smallest absolute Gasteiger partial charge is 0.410 e. The summed E-state index contributed by atoms with van der Waals surface area (Å²) in [7, 11) is 0. The summed E-state index contributed by atoms with van der Waals surface area (Å²) in [6.07, 6.45) is 3.41. The van der Waals surface area contributed by atoms with Gasteiger partial charge in [0.15, 0.2) is 0 Å². The van der Waals surface area contributed by atoms with Crippen molar-refractivity contribution in [1.82, 2.24) is 9.80 Å². The third-order valence-corrected chi connectivity index (χ3v) is 3.67. The van der Waals surface area contributed by atoms with Crippen LogP contribution in [0.2, 0.25) is 0 Å². The molecule has 0 spiro atoms. The molecule has 0 heterocycles. The molecule has 0 bridgehead atoms. The number of nitrogens with zero attached hydrogens (tertiary/aromatic N) is 2. The van der Waals surface area contributed by atoms with Crippen molar-refractivity contribution in [3.63, 3.8) is 0 Å². The highest BCUT2D eigenvalue weighted by Gasteiger charge is 2.21. The first kappa shape index (κ1) is 24.5. The van der Waals surface area contributed by atoms with Crippen molar-refractivity contribution in [2.45, 2.75) is 92.3 Å². The van der Waals surface area contributed by atoms with E-state index in [1.165, 1.54) is 0 Å². The number of hydrogen-bond donors (Lipinski definition) is 0. The summed E-state index contributed by atoms with van der Waals surface area (Å²) in [6, 6.07) is 0. The summed E-state index contributed by atoms with van der Waals surface area (Å²) in [6.45, 7) is 17.9. The third kappa shape index (κ3) is 12.0. The lowest BCUT2D eigenvalue weighted by Crippen LogP contribution is -2.37. The molecule has 0 aromatic heterocycles. The van der Waals surface area contributed by atoms with Crippen molar-refractivity contribution >= 4 is 12.2 Å². The van der Waals surface area contributed by atoms with E-state index in [0.29, 0.717) is 26.2 Å². The van der Waals surface area contributed by atoms with Crippen LogP contribution in [0.15, 0.2) is 0 Å². The molecule has 0 N–H and O–H groups in total. The molecule has 0 aliphatic heterocycles. The lowest BCUT2D eigenvalue weighted by atomic mass is 10.2. The van der Waals surface area contributed by atoms with Gasteiger partial charge >= 0.3 is 12.2 Å². The number of hydrogen-bond acceptors (Lipinski definition) is 4. The molecular weight excluding hydrogens is 332 g/mol. The van der Waals surface area contributed by atoms with Gasteiger partial charge in [0.25, 0.3) is 0 Å². The Morgan fingerprint density at radius 1 is 0.654 bits per heavy atom. The van der Waals surface area contributed by atoms with Crippen LogP contribution in [0.3, 0.4) is 0 Å². The highest BCUT2D eigenvalue weighted by atomic mass is 16.6. The quantitative estimate of drug-likeness (QED) is 0.531. The molecule has 0 aromatic carbocycles. The SMILES string of the molecule is CCN(CCCCCCN(CC)C(=O)OC(C)(C)C)C(=O)OC(C)(C)C. The molecule has 6 heteroatoms. The molecule has 0 atom stereocenters.